The van der Waals surface area contributed by atoms with E-state index in [9.17, 15) is 0 Å². The number of piperidine rings is 3. The van der Waals surface area contributed by atoms with Gasteiger partial charge in [-0.05, 0) is 67.2 Å². The van der Waals surface area contributed by atoms with Crippen LogP contribution < -0.4 is 14.8 Å². The largest absolute Gasteiger partial charge is 0.497 e. The van der Waals surface area contributed by atoms with Gasteiger partial charge in [0.05, 0.1) is 14.2 Å². The van der Waals surface area contributed by atoms with Crippen molar-refractivity contribution in [3.8, 4) is 11.5 Å². The molecule has 5 atom stereocenters. The molecule has 3 aromatic rings. The first kappa shape index (κ1) is 27.7. The summed E-state index contributed by atoms with van der Waals surface area (Å²) in [5, 5.41) is 4.11. The molecule has 3 saturated heterocycles. The Bertz CT molecular complexity index is 1130. The Labute approximate surface area is 235 Å². The number of ether oxygens (including phenoxy) is 2. The van der Waals surface area contributed by atoms with E-state index in [1.807, 2.05) is 12.1 Å². The minimum atomic E-state index is 0.300. The second-order valence-electron chi connectivity index (χ2n) is 11.1. The maximum Gasteiger partial charge on any atom is 0.123 e. The van der Waals surface area contributed by atoms with E-state index >= 15 is 0 Å². The Morgan fingerprint density at radius 3 is 2.15 bits per heavy atom. The van der Waals surface area contributed by atoms with Crippen molar-refractivity contribution in [3.05, 3.63) is 95.6 Å². The number of methoxy groups -OCH3 is 2. The molecule has 5 heteroatoms. The van der Waals surface area contributed by atoms with Gasteiger partial charge in [-0.1, -0.05) is 74.5 Å². The number of benzene rings is 3. The van der Waals surface area contributed by atoms with Crippen LogP contribution in [0.15, 0.2) is 78.9 Å². The van der Waals surface area contributed by atoms with Gasteiger partial charge in [0.1, 0.15) is 11.5 Å². The highest BCUT2D eigenvalue weighted by atomic mass is 16.5. The lowest BCUT2D eigenvalue weighted by molar-refractivity contribution is -0.0464. The molecule has 3 aromatic carbocycles. The van der Waals surface area contributed by atoms with Crippen LogP contribution in [0, 0.1) is 11.8 Å². The van der Waals surface area contributed by atoms with Crippen molar-refractivity contribution < 1.29 is 9.47 Å². The molecule has 1 N–H and O–H groups in total. The normalized spacial score (nSPS) is 24.3. The predicted octanol–water partition coefficient (Wildman–Crippen LogP) is 5.66. The zero-order chi connectivity index (χ0) is 27.2. The molecule has 3 aliphatic heterocycles. The average Bonchev–Trinajstić information content (AvgIpc) is 3.00. The molecule has 3 aliphatic rings. The maximum absolute atomic E-state index is 5.75. The van der Waals surface area contributed by atoms with Gasteiger partial charge in [-0.25, -0.2) is 0 Å². The van der Waals surface area contributed by atoms with E-state index in [1.165, 1.54) is 37.2 Å². The fourth-order valence-electron chi connectivity index (χ4n) is 7.15. The Kier molecular flexibility index (Phi) is 9.23. The van der Waals surface area contributed by atoms with Crippen molar-refractivity contribution in [1.29, 1.82) is 0 Å². The fourth-order valence-corrected chi connectivity index (χ4v) is 7.15. The molecular weight excluding hydrogens is 482 g/mol. The van der Waals surface area contributed by atoms with Crippen LogP contribution in [-0.4, -0.2) is 68.8 Å². The number of fused-ring (bicyclic) bond motifs is 3. The van der Waals surface area contributed by atoms with Gasteiger partial charge in [0.15, 0.2) is 0 Å². The summed E-state index contributed by atoms with van der Waals surface area (Å²) >= 11 is 0. The molecule has 0 saturated carbocycles. The van der Waals surface area contributed by atoms with Crippen LogP contribution in [0.4, 0.5) is 0 Å². The molecule has 0 aromatic heterocycles. The third kappa shape index (κ3) is 6.01. The van der Waals surface area contributed by atoms with E-state index in [1.54, 1.807) is 14.2 Å². The van der Waals surface area contributed by atoms with Crippen molar-refractivity contribution >= 4 is 0 Å². The van der Waals surface area contributed by atoms with E-state index < -0.39 is 0 Å². The summed E-state index contributed by atoms with van der Waals surface area (Å²) in [4.78, 5) is 5.41. The third-order valence-corrected chi connectivity index (χ3v) is 9.14. The second-order valence-corrected chi connectivity index (χ2v) is 11.1. The monoisotopic (exact) mass is 527 g/mol. The minimum Gasteiger partial charge on any atom is -0.497 e. The van der Waals surface area contributed by atoms with Crippen LogP contribution in [0.25, 0.3) is 0 Å². The van der Waals surface area contributed by atoms with Crippen molar-refractivity contribution in [1.82, 2.24) is 15.1 Å². The summed E-state index contributed by atoms with van der Waals surface area (Å²) in [5.74, 6) is 3.35. The SMILES string of the molecule is CCN(CC)C[C@@H]1CN2CC[C@H]1[C@@H](NCc1cc(OC)ccc1OC)[C@H]2C(c1ccccc1)c1ccccc1. The van der Waals surface area contributed by atoms with Crippen LogP contribution in [-0.2, 0) is 6.54 Å². The second kappa shape index (κ2) is 13.0. The molecule has 5 nitrogen and oxygen atoms in total. The van der Waals surface area contributed by atoms with Crippen LogP contribution >= 0.6 is 0 Å². The minimum absolute atomic E-state index is 0.300. The highest BCUT2D eigenvalue weighted by Crippen LogP contribution is 2.44. The maximum atomic E-state index is 5.75. The van der Waals surface area contributed by atoms with Crippen LogP contribution in [0.2, 0.25) is 0 Å². The van der Waals surface area contributed by atoms with Gasteiger partial charge >= 0.3 is 0 Å². The molecular formula is C34H45N3O2. The van der Waals surface area contributed by atoms with Gasteiger partial charge in [0.25, 0.3) is 0 Å². The molecule has 39 heavy (non-hydrogen) atoms. The lowest BCUT2D eigenvalue weighted by atomic mass is 9.66. The van der Waals surface area contributed by atoms with E-state index in [0.717, 1.165) is 36.7 Å². The molecule has 208 valence electrons. The summed E-state index contributed by atoms with van der Waals surface area (Å²) in [7, 11) is 3.48. The average molecular weight is 528 g/mol. The third-order valence-electron chi connectivity index (χ3n) is 9.14. The molecule has 2 bridgehead atoms. The summed E-state index contributed by atoms with van der Waals surface area (Å²) in [6, 6.07) is 29.1. The highest BCUT2D eigenvalue weighted by Gasteiger charge is 2.50. The molecule has 3 fully saturated rings. The first-order chi connectivity index (χ1) is 19.2. The number of hydrogen-bond acceptors (Lipinski definition) is 5. The Balaban J connectivity index is 1.52. The van der Waals surface area contributed by atoms with Crippen LogP contribution in [0.5, 0.6) is 11.5 Å². The molecule has 0 aliphatic carbocycles. The predicted molar refractivity (Wildman–Crippen MR) is 160 cm³/mol. The van der Waals surface area contributed by atoms with Crippen molar-refractivity contribution in [2.45, 2.75) is 44.8 Å². The van der Waals surface area contributed by atoms with E-state index in [2.05, 4.69) is 95.7 Å². The fraction of sp³-hybridized carbons (Fsp3) is 0.471. The van der Waals surface area contributed by atoms with Gasteiger partial charge < -0.3 is 19.7 Å². The summed E-state index contributed by atoms with van der Waals surface area (Å²) in [5.41, 5.74) is 3.93. The van der Waals surface area contributed by atoms with Crippen LogP contribution in [0.3, 0.4) is 0 Å². The molecule has 3 heterocycles. The summed E-state index contributed by atoms with van der Waals surface area (Å²) in [6.07, 6.45) is 1.24. The smallest absolute Gasteiger partial charge is 0.123 e. The highest BCUT2D eigenvalue weighted by molar-refractivity contribution is 5.41. The zero-order valence-electron chi connectivity index (χ0n) is 24.1. The summed E-state index contributed by atoms with van der Waals surface area (Å²) in [6.45, 7) is 11.1. The quantitative estimate of drug-likeness (QED) is 0.329. The first-order valence-electron chi connectivity index (χ1n) is 14.7. The van der Waals surface area contributed by atoms with Gasteiger partial charge in [0, 0.05) is 43.2 Å². The number of rotatable bonds is 12. The summed E-state index contributed by atoms with van der Waals surface area (Å²) < 4.78 is 11.3. The van der Waals surface area contributed by atoms with Gasteiger partial charge in [-0.15, -0.1) is 0 Å². The van der Waals surface area contributed by atoms with Crippen molar-refractivity contribution in [2.75, 3.05) is 46.9 Å². The van der Waals surface area contributed by atoms with E-state index in [-0.39, 0.29) is 0 Å². The molecule has 1 unspecified atom stereocenters. The number of nitrogens with zero attached hydrogens (tertiary/aromatic N) is 2. The van der Waals surface area contributed by atoms with Crippen molar-refractivity contribution in [2.24, 2.45) is 11.8 Å². The first-order valence-corrected chi connectivity index (χ1v) is 14.7. The topological polar surface area (TPSA) is 37.0 Å². The molecule has 0 radical (unpaired) electrons. The number of hydrogen-bond donors (Lipinski definition) is 1. The zero-order valence-corrected chi connectivity index (χ0v) is 24.1. The molecule has 0 amide bonds. The molecule has 6 rings (SSSR count). The van der Waals surface area contributed by atoms with E-state index in [0.29, 0.717) is 29.8 Å². The van der Waals surface area contributed by atoms with Crippen LogP contribution in [0.1, 0.15) is 42.9 Å². The van der Waals surface area contributed by atoms with E-state index in [4.69, 9.17) is 9.47 Å². The lowest BCUT2D eigenvalue weighted by Crippen LogP contribution is -2.68. The Hall–Kier alpha value is -2.86. The van der Waals surface area contributed by atoms with Crippen molar-refractivity contribution in [3.63, 3.8) is 0 Å². The standard InChI is InChI=1S/C34H45N3O2/c1-5-36(6-2)23-28-24-37-20-19-30(28)33(35-22-27-21-29(38-3)17-18-31(27)39-4)34(37)32(25-13-9-7-10-14-25)26-15-11-8-12-16-26/h7-18,21,28,30,32-35H,5-6,19-20,22-24H2,1-4H3/t28-,30-,33-,34-/m1/s1. The van der Waals surface area contributed by atoms with Gasteiger partial charge in [0.2, 0.25) is 0 Å². The van der Waals surface area contributed by atoms with Gasteiger partial charge in [-0.2, -0.15) is 0 Å². The molecule has 0 spiro atoms. The Morgan fingerprint density at radius 2 is 1.56 bits per heavy atom. The lowest BCUT2D eigenvalue weighted by Gasteiger charge is -2.58. The number of nitrogens with one attached hydrogen (secondary N) is 1. The Morgan fingerprint density at radius 1 is 0.897 bits per heavy atom. The van der Waals surface area contributed by atoms with Gasteiger partial charge in [-0.3, -0.25) is 4.90 Å².